The van der Waals surface area contributed by atoms with Crippen molar-refractivity contribution < 1.29 is 9.90 Å². The Morgan fingerprint density at radius 3 is 2.08 bits per heavy atom. The number of nitrogens with one attached hydrogen (secondary N) is 2. The first-order valence-electron chi connectivity index (χ1n) is 14.2. The molecule has 0 saturated heterocycles. The molecule has 0 saturated carbocycles. The quantitative estimate of drug-likeness (QED) is 0.487. The minimum Gasteiger partial charge on any atom is -0.481 e. The van der Waals surface area contributed by atoms with E-state index in [1.165, 1.54) is 22.3 Å². The maximum Gasteiger partial charge on any atom is 0.316 e. The molecule has 2 atom stereocenters. The van der Waals surface area contributed by atoms with Gasteiger partial charge in [-0.15, -0.1) is 0 Å². The fraction of sp³-hybridized carbons (Fsp3) is 0.424. The monoisotopic (exact) mass is 524 g/mol. The van der Waals surface area contributed by atoms with E-state index in [2.05, 4.69) is 70.1 Å². The van der Waals surface area contributed by atoms with Crippen LogP contribution in [0.2, 0.25) is 0 Å². The summed E-state index contributed by atoms with van der Waals surface area (Å²) >= 11 is 0. The molecule has 3 N–H and O–H groups in total. The number of carboxylic acids is 1. The van der Waals surface area contributed by atoms with Crippen molar-refractivity contribution in [3.8, 4) is 0 Å². The van der Waals surface area contributed by atoms with E-state index in [4.69, 9.17) is 9.98 Å². The number of H-pyrrole nitrogens is 1. The summed E-state index contributed by atoms with van der Waals surface area (Å²) in [5.41, 5.74) is 11.5. The van der Waals surface area contributed by atoms with Crippen LogP contribution in [0.3, 0.4) is 0 Å². The Kier molecular flexibility index (Phi) is 6.78. The number of aliphatic carboxylic acids is 1. The lowest BCUT2D eigenvalue weighted by Crippen LogP contribution is -2.42. The van der Waals surface area contributed by atoms with Gasteiger partial charge in [-0.3, -0.25) is 4.79 Å². The topological polar surface area (TPSA) is 89.8 Å². The molecule has 5 heterocycles. The molecule has 4 aliphatic rings. The average Bonchev–Trinajstić information content (AvgIpc) is 3.55. The van der Waals surface area contributed by atoms with Crippen LogP contribution < -0.4 is 16.0 Å². The fourth-order valence-electron chi connectivity index (χ4n) is 6.68. The van der Waals surface area contributed by atoms with Crippen LogP contribution in [0.15, 0.2) is 67.1 Å². The Morgan fingerprint density at radius 1 is 0.872 bits per heavy atom. The fourth-order valence-corrected chi connectivity index (χ4v) is 6.68. The number of aromatic nitrogens is 1. The first kappa shape index (κ1) is 26.9. The Labute approximate surface area is 231 Å². The first-order chi connectivity index (χ1) is 18.6. The molecule has 0 fully saturated rings. The Hall–Kier alpha value is -3.67. The number of aliphatic imine (C=N–C) groups is 2. The Balaban J connectivity index is 1.88. The molecule has 39 heavy (non-hydrogen) atoms. The number of hydrogen-bond donors (Lipinski definition) is 3. The molecule has 0 spiro atoms. The Bertz CT molecular complexity index is 1630. The van der Waals surface area contributed by atoms with Crippen molar-refractivity contribution in [3.63, 3.8) is 0 Å². The third-order valence-electron chi connectivity index (χ3n) is 9.14. The molecule has 2 unspecified atom stereocenters. The van der Waals surface area contributed by atoms with Gasteiger partial charge < -0.3 is 15.4 Å². The zero-order valence-electron chi connectivity index (χ0n) is 24.5. The molecule has 6 heteroatoms. The van der Waals surface area contributed by atoms with Crippen LogP contribution in [0.4, 0.5) is 0 Å². The largest absolute Gasteiger partial charge is 0.481 e. The van der Waals surface area contributed by atoms with Gasteiger partial charge in [0.25, 0.3) is 0 Å². The molecule has 0 aromatic carbocycles. The van der Waals surface area contributed by atoms with Crippen molar-refractivity contribution in [1.29, 1.82) is 0 Å². The third kappa shape index (κ3) is 4.03. The van der Waals surface area contributed by atoms with E-state index in [9.17, 15) is 9.90 Å². The molecule has 1 aromatic heterocycles. The van der Waals surface area contributed by atoms with Gasteiger partial charge in [-0.1, -0.05) is 27.7 Å². The second kappa shape index (κ2) is 9.82. The van der Waals surface area contributed by atoms with E-state index in [0.29, 0.717) is 6.42 Å². The summed E-state index contributed by atoms with van der Waals surface area (Å²) in [5.74, 6) is -0.828. The van der Waals surface area contributed by atoms with Crippen molar-refractivity contribution in [2.75, 3.05) is 0 Å². The predicted octanol–water partition coefficient (Wildman–Crippen LogP) is 5.32. The van der Waals surface area contributed by atoms with Crippen LogP contribution in [-0.2, 0) is 11.2 Å². The summed E-state index contributed by atoms with van der Waals surface area (Å²) in [6.07, 6.45) is 11.6. The molecular formula is C33H40N4O2. The highest BCUT2D eigenvalue weighted by Crippen LogP contribution is 2.43. The summed E-state index contributed by atoms with van der Waals surface area (Å²) < 4.78 is 0. The SMILES string of the molecule is CCC1=C(C)C2=NC/1=C\C1=NC(=C\C3NC(=C(CC)C3(C)C(=O)O)/C=c3\[nH]/c(c(CC)c3C)=C\2)/C(CC)=C1C. The maximum absolute atomic E-state index is 12.9. The number of fused-ring (bicyclic) bond motifs is 6. The second-order valence-corrected chi connectivity index (χ2v) is 11.1. The first-order valence-corrected chi connectivity index (χ1v) is 14.2. The van der Waals surface area contributed by atoms with Gasteiger partial charge in [0.1, 0.15) is 5.41 Å². The summed E-state index contributed by atoms with van der Waals surface area (Å²) in [4.78, 5) is 26.7. The van der Waals surface area contributed by atoms with Crippen LogP contribution in [0.5, 0.6) is 0 Å². The maximum atomic E-state index is 12.9. The number of rotatable bonds is 5. The molecule has 204 valence electrons. The van der Waals surface area contributed by atoms with Crippen molar-refractivity contribution in [3.05, 3.63) is 78.9 Å². The van der Waals surface area contributed by atoms with Crippen LogP contribution in [-0.4, -0.2) is 33.5 Å². The molecule has 4 aliphatic heterocycles. The summed E-state index contributed by atoms with van der Waals surface area (Å²) in [7, 11) is 0. The van der Waals surface area contributed by atoms with Gasteiger partial charge >= 0.3 is 5.97 Å². The highest BCUT2D eigenvalue weighted by molar-refractivity contribution is 6.24. The number of nitrogens with zero attached hydrogens (tertiary/aromatic N) is 2. The van der Waals surface area contributed by atoms with E-state index in [1.54, 1.807) is 0 Å². The highest BCUT2D eigenvalue weighted by Gasteiger charge is 2.49. The van der Waals surface area contributed by atoms with Gasteiger partial charge in [0.2, 0.25) is 0 Å². The minimum atomic E-state index is -1.09. The summed E-state index contributed by atoms with van der Waals surface area (Å²) in [6, 6.07) is -0.430. The van der Waals surface area contributed by atoms with E-state index in [-0.39, 0.29) is 0 Å². The number of carbonyl (C=O) groups is 1. The standard InChI is InChI=1S/C33H40N4O2/c1-9-20-17(5)24-13-28-21(10-2)18(6)26(35-28)15-30-23(12-4)33(8,32(38)39)31(37-30)16-29-22(11-3)19(7)25(36-29)14-27(20)34-24/h13-16,31,35,37H,9-12H2,1-8H3,(H,38,39)/b26-15-,27-14-,28-13-,29-16-. The molecule has 6 nitrogen and oxygen atoms in total. The molecule has 5 rings (SSSR count). The number of allylic oxidation sites excluding steroid dienone is 6. The van der Waals surface area contributed by atoms with Crippen LogP contribution in [0.1, 0.15) is 78.9 Å². The van der Waals surface area contributed by atoms with Gasteiger partial charge in [-0.2, -0.15) is 0 Å². The van der Waals surface area contributed by atoms with Crippen LogP contribution in [0.25, 0.3) is 12.2 Å². The van der Waals surface area contributed by atoms with Crippen molar-refractivity contribution in [2.24, 2.45) is 15.4 Å². The van der Waals surface area contributed by atoms with E-state index >= 15 is 0 Å². The van der Waals surface area contributed by atoms with E-state index < -0.39 is 17.4 Å². The van der Waals surface area contributed by atoms with Gasteiger partial charge in [-0.05, 0) is 117 Å². The Morgan fingerprint density at radius 2 is 1.49 bits per heavy atom. The van der Waals surface area contributed by atoms with Gasteiger partial charge in [0.15, 0.2) is 0 Å². The smallest absolute Gasteiger partial charge is 0.316 e. The van der Waals surface area contributed by atoms with Gasteiger partial charge in [0.05, 0.1) is 28.9 Å². The second-order valence-electron chi connectivity index (χ2n) is 11.1. The van der Waals surface area contributed by atoms with Crippen LogP contribution >= 0.6 is 0 Å². The van der Waals surface area contributed by atoms with Crippen molar-refractivity contribution >= 4 is 29.5 Å². The summed E-state index contributed by atoms with van der Waals surface area (Å²) in [6.45, 7) is 16.8. The lowest BCUT2D eigenvalue weighted by Gasteiger charge is -2.28. The zero-order chi connectivity index (χ0) is 28.2. The normalized spacial score (nSPS) is 28.7. The predicted molar refractivity (Wildman–Crippen MR) is 160 cm³/mol. The van der Waals surface area contributed by atoms with Crippen molar-refractivity contribution in [2.45, 2.75) is 87.1 Å². The minimum absolute atomic E-state index is 0.430. The number of carboxylic acid groups (broad SMARTS) is 1. The van der Waals surface area contributed by atoms with E-state index in [1.807, 2.05) is 19.9 Å². The number of aromatic amines is 1. The molecular weight excluding hydrogens is 484 g/mol. The molecule has 0 amide bonds. The summed E-state index contributed by atoms with van der Waals surface area (Å²) in [5, 5.41) is 16.2. The molecule has 8 bridgehead atoms. The lowest BCUT2D eigenvalue weighted by atomic mass is 9.76. The van der Waals surface area contributed by atoms with Gasteiger partial charge in [0, 0.05) is 16.4 Å². The number of hydrogen-bond acceptors (Lipinski definition) is 4. The van der Waals surface area contributed by atoms with Crippen molar-refractivity contribution in [1.82, 2.24) is 10.3 Å². The average molecular weight is 525 g/mol. The lowest BCUT2D eigenvalue weighted by molar-refractivity contribution is -0.146. The zero-order valence-corrected chi connectivity index (χ0v) is 24.5. The molecule has 0 radical (unpaired) electrons. The van der Waals surface area contributed by atoms with Gasteiger partial charge in [-0.25, -0.2) is 9.98 Å². The van der Waals surface area contributed by atoms with E-state index in [0.717, 1.165) is 75.2 Å². The van der Waals surface area contributed by atoms with Crippen LogP contribution in [0, 0.1) is 12.3 Å². The molecule has 0 aliphatic carbocycles. The third-order valence-corrected chi connectivity index (χ3v) is 9.14. The molecule has 1 aromatic rings. The highest BCUT2D eigenvalue weighted by atomic mass is 16.4.